The summed E-state index contributed by atoms with van der Waals surface area (Å²) in [5, 5.41) is 6.78. The highest BCUT2D eigenvalue weighted by molar-refractivity contribution is 5.79. The molecule has 1 aliphatic rings. The fraction of sp³-hybridized carbons (Fsp3) is 0.381. The molecule has 0 fully saturated rings. The molecule has 0 aliphatic carbocycles. The van der Waals surface area contributed by atoms with Gasteiger partial charge in [0.2, 0.25) is 0 Å². The number of guanidine groups is 1. The molecule has 4 nitrogen and oxygen atoms in total. The number of nitrogens with zero attached hydrogens (tertiary/aromatic N) is 1. The fourth-order valence-corrected chi connectivity index (χ4v) is 3.12. The van der Waals surface area contributed by atoms with Crippen molar-refractivity contribution in [2.45, 2.75) is 25.7 Å². The van der Waals surface area contributed by atoms with Crippen molar-refractivity contribution in [3.05, 3.63) is 65.7 Å². The molecule has 0 spiro atoms. The molecule has 0 saturated carbocycles. The Hall–Kier alpha value is -2.49. The van der Waals surface area contributed by atoms with Crippen molar-refractivity contribution in [2.75, 3.05) is 26.2 Å². The highest BCUT2D eigenvalue weighted by atomic mass is 16.5. The van der Waals surface area contributed by atoms with Gasteiger partial charge in [0.1, 0.15) is 5.75 Å². The molecule has 4 heteroatoms. The van der Waals surface area contributed by atoms with Gasteiger partial charge in [0.05, 0.1) is 6.61 Å². The van der Waals surface area contributed by atoms with E-state index in [4.69, 9.17) is 9.73 Å². The van der Waals surface area contributed by atoms with Crippen LogP contribution in [0.3, 0.4) is 0 Å². The smallest absolute Gasteiger partial charge is 0.191 e. The maximum Gasteiger partial charge on any atom is 0.191 e. The standard InChI is InChI=1S/C21H27N3O/c1-2-22-21(23-14-12-17-8-4-3-5-9-17)24-16-18-13-15-25-20-11-7-6-10-19(18)20/h3-11,18H,2,12-16H2,1H3,(H2,22,23,24). The average molecular weight is 337 g/mol. The summed E-state index contributed by atoms with van der Waals surface area (Å²) in [6, 6.07) is 18.8. The molecule has 1 atom stereocenters. The lowest BCUT2D eigenvalue weighted by molar-refractivity contribution is 0.269. The maximum absolute atomic E-state index is 5.74. The van der Waals surface area contributed by atoms with Gasteiger partial charge in [0.15, 0.2) is 5.96 Å². The second-order valence-corrected chi connectivity index (χ2v) is 6.25. The van der Waals surface area contributed by atoms with Gasteiger partial charge in [-0.3, -0.25) is 4.99 Å². The Morgan fingerprint density at radius 3 is 2.72 bits per heavy atom. The predicted octanol–water partition coefficient (Wildman–Crippen LogP) is 3.35. The first-order chi connectivity index (χ1) is 12.4. The van der Waals surface area contributed by atoms with E-state index < -0.39 is 0 Å². The van der Waals surface area contributed by atoms with Crippen LogP contribution < -0.4 is 15.4 Å². The number of fused-ring (bicyclic) bond motifs is 1. The summed E-state index contributed by atoms with van der Waals surface area (Å²) in [5.74, 6) is 2.33. The normalized spacial score (nSPS) is 16.7. The van der Waals surface area contributed by atoms with Crippen LogP contribution in [0.5, 0.6) is 5.75 Å². The molecular formula is C21H27N3O. The van der Waals surface area contributed by atoms with E-state index in [9.17, 15) is 0 Å². The zero-order valence-corrected chi connectivity index (χ0v) is 14.9. The van der Waals surface area contributed by atoms with Crippen LogP contribution >= 0.6 is 0 Å². The zero-order valence-electron chi connectivity index (χ0n) is 14.9. The monoisotopic (exact) mass is 337 g/mol. The second kappa shape index (κ2) is 9.11. The van der Waals surface area contributed by atoms with Gasteiger partial charge in [-0.15, -0.1) is 0 Å². The molecule has 0 aromatic heterocycles. The van der Waals surface area contributed by atoms with Crippen molar-refractivity contribution in [3.8, 4) is 5.75 Å². The summed E-state index contributed by atoms with van der Waals surface area (Å²) < 4.78 is 5.74. The van der Waals surface area contributed by atoms with Crippen molar-refractivity contribution in [2.24, 2.45) is 4.99 Å². The van der Waals surface area contributed by atoms with E-state index in [0.717, 1.165) is 50.8 Å². The lowest BCUT2D eigenvalue weighted by atomic mass is 9.93. The number of para-hydroxylation sites is 1. The summed E-state index contributed by atoms with van der Waals surface area (Å²) >= 11 is 0. The van der Waals surface area contributed by atoms with Crippen LogP contribution in [0.2, 0.25) is 0 Å². The molecule has 1 heterocycles. The summed E-state index contributed by atoms with van der Waals surface area (Å²) in [5.41, 5.74) is 2.61. The van der Waals surface area contributed by atoms with Crippen molar-refractivity contribution in [1.29, 1.82) is 0 Å². The van der Waals surface area contributed by atoms with Crippen LogP contribution in [0.4, 0.5) is 0 Å². The molecule has 2 aromatic rings. The van der Waals surface area contributed by atoms with E-state index >= 15 is 0 Å². The molecule has 2 N–H and O–H groups in total. The molecule has 0 radical (unpaired) electrons. The molecule has 0 saturated heterocycles. The van der Waals surface area contributed by atoms with E-state index in [1.54, 1.807) is 0 Å². The summed E-state index contributed by atoms with van der Waals surface area (Å²) in [6.07, 6.45) is 2.01. The second-order valence-electron chi connectivity index (χ2n) is 6.25. The summed E-state index contributed by atoms with van der Waals surface area (Å²) in [7, 11) is 0. The van der Waals surface area contributed by atoms with Crippen LogP contribution in [0.25, 0.3) is 0 Å². The van der Waals surface area contributed by atoms with Crippen LogP contribution in [-0.4, -0.2) is 32.2 Å². The van der Waals surface area contributed by atoms with Gasteiger partial charge < -0.3 is 15.4 Å². The van der Waals surface area contributed by atoms with Gasteiger partial charge in [-0.1, -0.05) is 48.5 Å². The van der Waals surface area contributed by atoms with E-state index in [2.05, 4.69) is 60.0 Å². The predicted molar refractivity (Wildman–Crippen MR) is 103 cm³/mol. The van der Waals surface area contributed by atoms with Crippen LogP contribution in [0.15, 0.2) is 59.6 Å². The number of hydrogen-bond acceptors (Lipinski definition) is 2. The minimum absolute atomic E-state index is 0.425. The molecule has 3 rings (SSSR count). The molecule has 132 valence electrons. The number of rotatable bonds is 6. The fourth-order valence-electron chi connectivity index (χ4n) is 3.12. The Morgan fingerprint density at radius 1 is 1.08 bits per heavy atom. The number of ether oxygens (including phenoxy) is 1. The van der Waals surface area contributed by atoms with Crippen molar-refractivity contribution in [1.82, 2.24) is 10.6 Å². The average Bonchev–Trinajstić information content (AvgIpc) is 2.67. The van der Waals surface area contributed by atoms with Gasteiger partial charge in [0, 0.05) is 25.6 Å². The SMILES string of the molecule is CCNC(=NCC1CCOc2ccccc21)NCCc1ccccc1. The zero-order chi connectivity index (χ0) is 17.3. The quantitative estimate of drug-likeness (QED) is 0.628. The first-order valence-electron chi connectivity index (χ1n) is 9.14. The van der Waals surface area contributed by atoms with Gasteiger partial charge in [0.25, 0.3) is 0 Å². The van der Waals surface area contributed by atoms with E-state index in [1.807, 2.05) is 12.1 Å². The van der Waals surface area contributed by atoms with Gasteiger partial charge in [-0.2, -0.15) is 0 Å². The van der Waals surface area contributed by atoms with Gasteiger partial charge in [-0.05, 0) is 37.0 Å². The Balaban J connectivity index is 1.57. The lowest BCUT2D eigenvalue weighted by Gasteiger charge is -2.25. The van der Waals surface area contributed by atoms with E-state index in [1.165, 1.54) is 11.1 Å². The molecule has 1 aliphatic heterocycles. The Kier molecular flexibility index (Phi) is 6.32. The number of hydrogen-bond donors (Lipinski definition) is 2. The van der Waals surface area contributed by atoms with E-state index in [-0.39, 0.29) is 0 Å². The highest BCUT2D eigenvalue weighted by Crippen LogP contribution is 2.33. The number of nitrogens with one attached hydrogen (secondary N) is 2. The Labute approximate surface area is 150 Å². The minimum atomic E-state index is 0.425. The molecular weight excluding hydrogens is 310 g/mol. The summed E-state index contributed by atoms with van der Waals surface area (Å²) in [6.45, 7) is 5.39. The Bertz CT molecular complexity index is 685. The molecule has 0 amide bonds. The number of aliphatic imine (C=N–C) groups is 1. The van der Waals surface area contributed by atoms with Crippen LogP contribution in [0.1, 0.15) is 30.4 Å². The summed E-state index contributed by atoms with van der Waals surface area (Å²) in [4.78, 5) is 4.81. The third kappa shape index (κ3) is 4.99. The maximum atomic E-state index is 5.74. The first-order valence-corrected chi connectivity index (χ1v) is 9.14. The molecule has 25 heavy (non-hydrogen) atoms. The third-order valence-electron chi connectivity index (χ3n) is 4.45. The van der Waals surface area contributed by atoms with Gasteiger partial charge in [-0.25, -0.2) is 0 Å². The molecule has 2 aromatic carbocycles. The van der Waals surface area contributed by atoms with Crippen molar-refractivity contribution < 1.29 is 4.74 Å². The molecule has 1 unspecified atom stereocenters. The Morgan fingerprint density at radius 2 is 1.88 bits per heavy atom. The topological polar surface area (TPSA) is 45.7 Å². The lowest BCUT2D eigenvalue weighted by Crippen LogP contribution is -2.38. The first kappa shape index (κ1) is 17.3. The third-order valence-corrected chi connectivity index (χ3v) is 4.45. The van der Waals surface area contributed by atoms with Crippen LogP contribution in [-0.2, 0) is 6.42 Å². The largest absolute Gasteiger partial charge is 0.493 e. The van der Waals surface area contributed by atoms with E-state index in [0.29, 0.717) is 5.92 Å². The highest BCUT2D eigenvalue weighted by Gasteiger charge is 2.20. The molecule has 0 bridgehead atoms. The van der Waals surface area contributed by atoms with Crippen molar-refractivity contribution >= 4 is 5.96 Å². The number of benzene rings is 2. The van der Waals surface area contributed by atoms with Gasteiger partial charge >= 0.3 is 0 Å². The van der Waals surface area contributed by atoms with Crippen molar-refractivity contribution in [3.63, 3.8) is 0 Å². The van der Waals surface area contributed by atoms with Crippen LogP contribution in [0, 0.1) is 0 Å². The minimum Gasteiger partial charge on any atom is -0.493 e.